The second-order valence-electron chi connectivity index (χ2n) is 5.50. The van der Waals surface area contributed by atoms with Crippen LogP contribution in [-0.4, -0.2) is 27.7 Å². The molecule has 0 saturated carbocycles. The monoisotopic (exact) mass is 450 g/mol. The molecule has 0 radical (unpaired) electrons. The lowest BCUT2D eigenvalue weighted by atomic mass is 10.2. The highest BCUT2D eigenvalue weighted by Crippen LogP contribution is 2.36. The minimum Gasteiger partial charge on any atom is -0.494 e. The number of benzene rings is 1. The number of carbonyl (C=O) groups excluding carboxylic acids is 1. The zero-order chi connectivity index (χ0) is 20.5. The second-order valence-corrected chi connectivity index (χ2v) is 6.29. The number of ether oxygens (including phenoxy) is 1. The van der Waals surface area contributed by atoms with Crippen LogP contribution in [0.25, 0.3) is 0 Å². The summed E-state index contributed by atoms with van der Waals surface area (Å²) in [4.78, 5) is 22.6. The molecule has 1 aromatic heterocycles. The fraction of sp³-hybridized carbons (Fsp3) is 0.333. The Balaban J connectivity index is 2.31. The van der Waals surface area contributed by atoms with Gasteiger partial charge in [-0.1, -0.05) is 0 Å². The molecule has 0 aliphatic heterocycles. The lowest BCUT2D eigenvalue weighted by Crippen LogP contribution is -2.25. The van der Waals surface area contributed by atoms with Crippen molar-refractivity contribution in [3.8, 4) is 5.75 Å². The molecule has 0 fully saturated rings. The van der Waals surface area contributed by atoms with E-state index < -0.39 is 28.7 Å². The van der Waals surface area contributed by atoms with Crippen LogP contribution >= 0.6 is 15.9 Å². The lowest BCUT2D eigenvalue weighted by molar-refractivity contribution is -0.384. The van der Waals surface area contributed by atoms with Crippen LogP contribution in [0.4, 0.5) is 24.5 Å². The summed E-state index contributed by atoms with van der Waals surface area (Å²) >= 11 is 2.85. The molecular weight excluding hydrogens is 437 g/mol. The van der Waals surface area contributed by atoms with Gasteiger partial charge in [0.2, 0.25) is 5.91 Å². The van der Waals surface area contributed by atoms with Crippen LogP contribution in [0.5, 0.6) is 5.75 Å². The predicted molar refractivity (Wildman–Crippen MR) is 92.7 cm³/mol. The minimum atomic E-state index is -4.67. The summed E-state index contributed by atoms with van der Waals surface area (Å²) in [5.74, 6) is -0.631. The van der Waals surface area contributed by atoms with Gasteiger partial charge in [-0.05, 0) is 35.8 Å². The highest BCUT2D eigenvalue weighted by molar-refractivity contribution is 9.10. The Bertz CT molecular complexity index is 898. The number of hydrogen-bond donors (Lipinski definition) is 1. The SMILES string of the molecule is COc1cc([N+](=O)[O-])ccc1NC(=O)C(C)n1nc(C(F)(F)F)c(Br)c1C. The van der Waals surface area contributed by atoms with Gasteiger partial charge in [0.05, 0.1) is 34.0 Å². The number of amides is 1. The number of methoxy groups -OCH3 is 1. The number of non-ortho nitro benzene ring substituents is 1. The van der Waals surface area contributed by atoms with Gasteiger partial charge in [-0.25, -0.2) is 0 Å². The third-order valence-corrected chi connectivity index (χ3v) is 4.69. The van der Waals surface area contributed by atoms with Gasteiger partial charge >= 0.3 is 6.18 Å². The fourth-order valence-corrected chi connectivity index (χ4v) is 2.79. The quantitative estimate of drug-likeness (QED) is 0.546. The van der Waals surface area contributed by atoms with Crippen molar-refractivity contribution < 1.29 is 27.6 Å². The van der Waals surface area contributed by atoms with Crippen LogP contribution in [-0.2, 0) is 11.0 Å². The molecule has 27 heavy (non-hydrogen) atoms. The van der Waals surface area contributed by atoms with Crippen molar-refractivity contribution in [3.63, 3.8) is 0 Å². The number of rotatable bonds is 5. The van der Waals surface area contributed by atoms with Crippen molar-refractivity contribution >= 4 is 33.2 Å². The first-order chi connectivity index (χ1) is 12.5. The van der Waals surface area contributed by atoms with Crippen LogP contribution in [0.3, 0.4) is 0 Å². The lowest BCUT2D eigenvalue weighted by Gasteiger charge is -2.16. The summed E-state index contributed by atoms with van der Waals surface area (Å²) in [6.07, 6.45) is -4.67. The molecule has 0 aliphatic carbocycles. The number of nitro groups is 1. The molecule has 0 bridgehead atoms. The summed E-state index contributed by atoms with van der Waals surface area (Å²) in [7, 11) is 1.27. The van der Waals surface area contributed by atoms with Crippen molar-refractivity contribution in [2.45, 2.75) is 26.1 Å². The van der Waals surface area contributed by atoms with Gasteiger partial charge in [-0.3, -0.25) is 19.6 Å². The number of nitrogens with zero attached hydrogens (tertiary/aromatic N) is 3. The minimum absolute atomic E-state index is 0.0408. The molecule has 1 unspecified atom stereocenters. The van der Waals surface area contributed by atoms with E-state index in [1.165, 1.54) is 33.1 Å². The van der Waals surface area contributed by atoms with Gasteiger partial charge in [0, 0.05) is 6.07 Å². The van der Waals surface area contributed by atoms with Gasteiger partial charge < -0.3 is 10.1 Å². The number of hydrogen-bond acceptors (Lipinski definition) is 5. The van der Waals surface area contributed by atoms with Gasteiger partial charge in [0.15, 0.2) is 5.69 Å². The fourth-order valence-electron chi connectivity index (χ4n) is 2.30. The summed E-state index contributed by atoms with van der Waals surface area (Å²) in [6, 6.07) is 2.48. The molecule has 12 heteroatoms. The number of nitrogens with one attached hydrogen (secondary N) is 1. The molecular formula is C15H14BrF3N4O4. The van der Waals surface area contributed by atoms with Crippen LogP contribution in [0.2, 0.25) is 0 Å². The van der Waals surface area contributed by atoms with Crippen molar-refractivity contribution in [3.05, 3.63) is 44.2 Å². The maximum atomic E-state index is 13.0. The molecule has 0 aliphatic rings. The summed E-state index contributed by atoms with van der Waals surface area (Å²) in [5, 5.41) is 16.8. The van der Waals surface area contributed by atoms with E-state index in [0.717, 1.165) is 10.7 Å². The average molecular weight is 451 g/mol. The van der Waals surface area contributed by atoms with Crippen molar-refractivity contribution in [2.75, 3.05) is 12.4 Å². The van der Waals surface area contributed by atoms with Crippen LogP contribution in [0.15, 0.2) is 22.7 Å². The highest BCUT2D eigenvalue weighted by Gasteiger charge is 2.39. The van der Waals surface area contributed by atoms with E-state index in [4.69, 9.17) is 4.74 Å². The van der Waals surface area contributed by atoms with Crippen LogP contribution in [0, 0.1) is 17.0 Å². The predicted octanol–water partition coefficient (Wildman–Crippen LogP) is 4.09. The third-order valence-electron chi connectivity index (χ3n) is 3.75. The van der Waals surface area contributed by atoms with E-state index in [0.29, 0.717) is 0 Å². The van der Waals surface area contributed by atoms with E-state index in [1.807, 2.05) is 0 Å². The Labute approximate surface area is 159 Å². The first-order valence-electron chi connectivity index (χ1n) is 7.42. The molecule has 0 spiro atoms. The average Bonchev–Trinajstić information content (AvgIpc) is 2.89. The molecule has 146 valence electrons. The zero-order valence-corrected chi connectivity index (χ0v) is 15.9. The Morgan fingerprint density at radius 2 is 2.07 bits per heavy atom. The Hall–Kier alpha value is -2.63. The molecule has 1 atom stereocenters. The maximum Gasteiger partial charge on any atom is 0.436 e. The van der Waals surface area contributed by atoms with E-state index in [2.05, 4.69) is 26.3 Å². The Kier molecular flexibility index (Phi) is 5.78. The number of carbonyl (C=O) groups is 1. The molecule has 1 amide bonds. The van der Waals surface area contributed by atoms with Gasteiger partial charge in [-0.15, -0.1) is 0 Å². The maximum absolute atomic E-state index is 13.0. The van der Waals surface area contributed by atoms with Crippen LogP contribution in [0.1, 0.15) is 24.4 Å². The normalized spacial score (nSPS) is 12.6. The number of anilines is 1. The molecule has 2 aromatic rings. The molecule has 1 aromatic carbocycles. The molecule has 0 saturated heterocycles. The van der Waals surface area contributed by atoms with Crippen molar-refractivity contribution in [1.29, 1.82) is 0 Å². The summed E-state index contributed by atoms with van der Waals surface area (Å²) in [6.45, 7) is 2.77. The van der Waals surface area contributed by atoms with Gasteiger partial charge in [0.1, 0.15) is 11.8 Å². The summed E-state index contributed by atoms with van der Waals surface area (Å²) in [5.41, 5.74) is -1.10. The zero-order valence-electron chi connectivity index (χ0n) is 14.3. The van der Waals surface area contributed by atoms with E-state index in [9.17, 15) is 28.1 Å². The first kappa shape index (κ1) is 20.7. The summed E-state index contributed by atoms with van der Waals surface area (Å²) < 4.78 is 44.6. The number of alkyl halides is 3. The van der Waals surface area contributed by atoms with E-state index in [1.54, 1.807) is 0 Å². The van der Waals surface area contributed by atoms with Gasteiger partial charge in [0.25, 0.3) is 5.69 Å². The standard InChI is InChI=1S/C15H14BrF3N4O4/c1-7-12(16)13(15(17,18)19)21-22(7)8(2)14(24)20-10-5-4-9(23(25)26)6-11(10)27-3/h4-6,8H,1-3H3,(H,20,24). The van der Waals surface area contributed by atoms with E-state index >= 15 is 0 Å². The molecule has 1 N–H and O–H groups in total. The van der Waals surface area contributed by atoms with Gasteiger partial charge in [-0.2, -0.15) is 18.3 Å². The Morgan fingerprint density at radius 3 is 2.56 bits per heavy atom. The molecule has 8 nitrogen and oxygen atoms in total. The smallest absolute Gasteiger partial charge is 0.436 e. The number of aromatic nitrogens is 2. The topological polar surface area (TPSA) is 99.3 Å². The highest BCUT2D eigenvalue weighted by atomic mass is 79.9. The molecule has 1 heterocycles. The van der Waals surface area contributed by atoms with Crippen molar-refractivity contribution in [2.24, 2.45) is 0 Å². The van der Waals surface area contributed by atoms with Crippen LogP contribution < -0.4 is 10.1 Å². The van der Waals surface area contributed by atoms with E-state index in [-0.39, 0.29) is 27.3 Å². The molecule has 2 rings (SSSR count). The third kappa shape index (κ3) is 4.21. The van der Waals surface area contributed by atoms with Crippen molar-refractivity contribution in [1.82, 2.24) is 9.78 Å². The second kappa shape index (κ2) is 7.55. The first-order valence-corrected chi connectivity index (χ1v) is 8.21. The Morgan fingerprint density at radius 1 is 1.44 bits per heavy atom. The number of halogens is 4. The largest absolute Gasteiger partial charge is 0.494 e. The number of nitro benzene ring substituents is 1.